The summed E-state index contributed by atoms with van der Waals surface area (Å²) in [5, 5.41) is 1.43. The average Bonchev–Trinajstić information content (AvgIpc) is 2.61. The summed E-state index contributed by atoms with van der Waals surface area (Å²) < 4.78 is 2.43. The molecule has 3 rings (SSSR count). The zero-order valence-corrected chi connectivity index (χ0v) is 10.8. The number of allylic oxidation sites excluding steroid dienone is 1. The van der Waals surface area contributed by atoms with Crippen LogP contribution in [0.2, 0.25) is 0 Å². The number of benzene rings is 1. The van der Waals surface area contributed by atoms with E-state index in [1.807, 2.05) is 0 Å². The highest BCUT2D eigenvalue weighted by atomic mass is 15.0. The second kappa shape index (κ2) is 3.49. The van der Waals surface area contributed by atoms with Crippen LogP contribution in [-0.2, 0) is 13.0 Å². The Morgan fingerprint density at radius 1 is 1.24 bits per heavy atom. The third kappa shape index (κ3) is 1.53. The zero-order chi connectivity index (χ0) is 12.0. The number of hydrogen-bond donors (Lipinski definition) is 0. The highest BCUT2D eigenvalue weighted by Gasteiger charge is 2.25. The van der Waals surface area contributed by atoms with Crippen molar-refractivity contribution in [3.8, 4) is 0 Å². The van der Waals surface area contributed by atoms with E-state index in [0.29, 0.717) is 0 Å². The lowest BCUT2D eigenvalue weighted by Crippen LogP contribution is -2.16. The van der Waals surface area contributed by atoms with Gasteiger partial charge in [0, 0.05) is 23.1 Å². The number of fused-ring (bicyclic) bond motifs is 3. The second-order valence-corrected chi connectivity index (χ2v) is 5.62. The minimum absolute atomic E-state index is 0.287. The first-order valence-corrected chi connectivity index (χ1v) is 6.42. The van der Waals surface area contributed by atoms with E-state index in [0.717, 1.165) is 13.0 Å². The van der Waals surface area contributed by atoms with Crippen LogP contribution in [0, 0.1) is 5.41 Å². The van der Waals surface area contributed by atoms with Crippen LogP contribution < -0.4 is 0 Å². The van der Waals surface area contributed by atoms with Crippen molar-refractivity contribution < 1.29 is 0 Å². The molecule has 0 radical (unpaired) electrons. The van der Waals surface area contributed by atoms with Crippen molar-refractivity contribution in [2.75, 3.05) is 0 Å². The third-order valence-electron chi connectivity index (χ3n) is 3.76. The van der Waals surface area contributed by atoms with Crippen LogP contribution in [0.5, 0.6) is 0 Å². The number of rotatable bonds is 1. The van der Waals surface area contributed by atoms with Gasteiger partial charge in [0.2, 0.25) is 0 Å². The van der Waals surface area contributed by atoms with Crippen molar-refractivity contribution in [3.63, 3.8) is 0 Å². The van der Waals surface area contributed by atoms with Crippen molar-refractivity contribution in [1.82, 2.24) is 4.57 Å². The van der Waals surface area contributed by atoms with Crippen molar-refractivity contribution in [2.24, 2.45) is 5.41 Å². The van der Waals surface area contributed by atoms with Gasteiger partial charge in [0.05, 0.1) is 0 Å². The summed E-state index contributed by atoms with van der Waals surface area (Å²) in [4.78, 5) is 0. The molecule has 0 atom stereocenters. The van der Waals surface area contributed by atoms with Crippen LogP contribution in [0.3, 0.4) is 0 Å². The Labute approximate surface area is 103 Å². The molecular formula is C16H19N. The molecule has 1 heterocycles. The summed E-state index contributed by atoms with van der Waals surface area (Å²) >= 11 is 0. The summed E-state index contributed by atoms with van der Waals surface area (Å²) in [6.45, 7) is 7.88. The molecule has 0 aliphatic heterocycles. The fourth-order valence-corrected chi connectivity index (χ4v) is 2.93. The SMILES string of the molecule is CCn1c2c(c3ccccc31)CC(C)(C)C=C2. The summed E-state index contributed by atoms with van der Waals surface area (Å²) in [6.07, 6.45) is 5.80. The van der Waals surface area contributed by atoms with Crippen LogP contribution in [0.4, 0.5) is 0 Å². The molecule has 1 aromatic carbocycles. The molecule has 0 saturated carbocycles. The minimum Gasteiger partial charge on any atom is -0.341 e. The van der Waals surface area contributed by atoms with E-state index in [4.69, 9.17) is 0 Å². The van der Waals surface area contributed by atoms with Crippen LogP contribution in [0.15, 0.2) is 30.3 Å². The van der Waals surface area contributed by atoms with Gasteiger partial charge < -0.3 is 4.57 Å². The average molecular weight is 225 g/mol. The predicted octanol–water partition coefficient (Wildman–Crippen LogP) is 4.26. The van der Waals surface area contributed by atoms with Gasteiger partial charge in [-0.15, -0.1) is 0 Å². The van der Waals surface area contributed by atoms with Gasteiger partial charge in [-0.1, -0.05) is 38.1 Å². The summed E-state index contributed by atoms with van der Waals surface area (Å²) in [6, 6.07) is 8.77. The Kier molecular flexibility index (Phi) is 2.19. The molecule has 0 saturated heterocycles. The summed E-state index contributed by atoms with van der Waals surface area (Å²) in [5.41, 5.74) is 4.60. The van der Waals surface area contributed by atoms with Crippen molar-refractivity contribution >= 4 is 17.0 Å². The van der Waals surface area contributed by atoms with E-state index in [1.165, 1.54) is 22.2 Å². The number of nitrogens with zero attached hydrogens (tertiary/aromatic N) is 1. The van der Waals surface area contributed by atoms with Gasteiger partial charge in [-0.3, -0.25) is 0 Å². The van der Waals surface area contributed by atoms with Gasteiger partial charge in [0.15, 0.2) is 0 Å². The van der Waals surface area contributed by atoms with E-state index in [1.54, 1.807) is 0 Å². The maximum atomic E-state index is 2.43. The predicted molar refractivity (Wildman–Crippen MR) is 74.1 cm³/mol. The molecule has 1 aliphatic carbocycles. The smallest absolute Gasteiger partial charge is 0.0487 e. The van der Waals surface area contributed by atoms with Gasteiger partial charge in [0.25, 0.3) is 0 Å². The Bertz CT molecular complexity index is 599. The highest BCUT2D eigenvalue weighted by molar-refractivity contribution is 5.89. The Balaban J connectivity index is 2.35. The first kappa shape index (κ1) is 10.6. The highest BCUT2D eigenvalue weighted by Crippen LogP contribution is 2.37. The molecule has 88 valence electrons. The molecular weight excluding hydrogens is 206 g/mol. The van der Waals surface area contributed by atoms with Gasteiger partial charge in [-0.2, -0.15) is 0 Å². The first-order chi connectivity index (χ1) is 8.12. The number of para-hydroxylation sites is 1. The lowest BCUT2D eigenvalue weighted by molar-refractivity contribution is 0.474. The van der Waals surface area contributed by atoms with Crippen LogP contribution >= 0.6 is 0 Å². The molecule has 1 aliphatic rings. The Morgan fingerprint density at radius 2 is 2.00 bits per heavy atom. The molecule has 0 bridgehead atoms. The van der Waals surface area contributed by atoms with Crippen molar-refractivity contribution in [1.29, 1.82) is 0 Å². The normalized spacial score (nSPS) is 17.4. The van der Waals surface area contributed by atoms with E-state index >= 15 is 0 Å². The molecule has 0 amide bonds. The quantitative estimate of drug-likeness (QED) is 0.683. The Morgan fingerprint density at radius 3 is 2.76 bits per heavy atom. The second-order valence-electron chi connectivity index (χ2n) is 5.62. The summed E-state index contributed by atoms with van der Waals surface area (Å²) in [7, 11) is 0. The largest absolute Gasteiger partial charge is 0.341 e. The van der Waals surface area contributed by atoms with E-state index in [9.17, 15) is 0 Å². The fourth-order valence-electron chi connectivity index (χ4n) is 2.93. The molecule has 2 aromatic rings. The van der Waals surface area contributed by atoms with Gasteiger partial charge in [0.1, 0.15) is 0 Å². The number of aryl methyl sites for hydroxylation is 1. The molecule has 17 heavy (non-hydrogen) atoms. The lowest BCUT2D eigenvalue weighted by atomic mass is 9.81. The summed E-state index contributed by atoms with van der Waals surface area (Å²) in [5.74, 6) is 0. The molecule has 0 unspecified atom stereocenters. The van der Waals surface area contributed by atoms with Crippen LogP contribution in [0.1, 0.15) is 32.0 Å². The maximum Gasteiger partial charge on any atom is 0.0487 e. The number of hydrogen-bond acceptors (Lipinski definition) is 0. The minimum atomic E-state index is 0.287. The molecule has 0 fully saturated rings. The van der Waals surface area contributed by atoms with Crippen molar-refractivity contribution in [3.05, 3.63) is 41.6 Å². The molecule has 1 aromatic heterocycles. The van der Waals surface area contributed by atoms with E-state index in [2.05, 4.69) is 61.8 Å². The number of aromatic nitrogens is 1. The molecule has 0 spiro atoms. The maximum absolute atomic E-state index is 2.43. The van der Waals surface area contributed by atoms with E-state index in [-0.39, 0.29) is 5.41 Å². The lowest BCUT2D eigenvalue weighted by Gasteiger charge is -2.24. The van der Waals surface area contributed by atoms with Gasteiger partial charge >= 0.3 is 0 Å². The fraction of sp³-hybridized carbons (Fsp3) is 0.375. The van der Waals surface area contributed by atoms with Crippen LogP contribution in [0.25, 0.3) is 17.0 Å². The zero-order valence-electron chi connectivity index (χ0n) is 10.8. The topological polar surface area (TPSA) is 4.93 Å². The molecule has 1 nitrogen and oxygen atoms in total. The first-order valence-electron chi connectivity index (χ1n) is 6.42. The van der Waals surface area contributed by atoms with Gasteiger partial charge in [-0.05, 0) is 36.5 Å². The molecule has 1 heteroatoms. The van der Waals surface area contributed by atoms with Gasteiger partial charge in [-0.25, -0.2) is 0 Å². The standard InChI is InChI=1S/C16H19N/c1-4-17-14-8-6-5-7-12(14)13-11-16(2,3)10-9-15(13)17/h5-10H,4,11H2,1-3H3. The molecule has 0 N–H and O–H groups in total. The Hall–Kier alpha value is -1.50. The third-order valence-corrected chi connectivity index (χ3v) is 3.76. The monoisotopic (exact) mass is 225 g/mol. The van der Waals surface area contributed by atoms with Crippen molar-refractivity contribution in [2.45, 2.75) is 33.7 Å². The van der Waals surface area contributed by atoms with E-state index < -0.39 is 0 Å². The van der Waals surface area contributed by atoms with Crippen LogP contribution in [-0.4, -0.2) is 4.57 Å².